The van der Waals surface area contributed by atoms with Crippen molar-refractivity contribution in [2.24, 2.45) is 11.3 Å². The number of hydrogen-bond donors (Lipinski definition) is 2. The first kappa shape index (κ1) is 16.7. The lowest BCUT2D eigenvalue weighted by molar-refractivity contribution is -0.142. The number of sulfonamides is 1. The van der Waals surface area contributed by atoms with Gasteiger partial charge in [-0.25, -0.2) is 13.1 Å². The molecule has 0 radical (unpaired) electrons. The van der Waals surface area contributed by atoms with Crippen LogP contribution in [0.25, 0.3) is 0 Å². The van der Waals surface area contributed by atoms with Crippen LogP contribution in [-0.2, 0) is 14.8 Å². The van der Waals surface area contributed by atoms with E-state index in [0.717, 1.165) is 0 Å². The van der Waals surface area contributed by atoms with E-state index in [1.165, 1.54) is 12.1 Å². The van der Waals surface area contributed by atoms with Gasteiger partial charge in [-0.1, -0.05) is 39.0 Å². The van der Waals surface area contributed by atoms with Crippen LogP contribution in [0, 0.1) is 11.3 Å². The van der Waals surface area contributed by atoms with Gasteiger partial charge in [0, 0.05) is 6.54 Å². The Labute approximate surface area is 120 Å². The third-order valence-electron chi connectivity index (χ3n) is 2.78. The van der Waals surface area contributed by atoms with E-state index in [-0.39, 0.29) is 16.9 Å². The molecule has 0 bridgehead atoms. The summed E-state index contributed by atoms with van der Waals surface area (Å²) in [7, 11) is -3.66. The highest BCUT2D eigenvalue weighted by Gasteiger charge is 2.26. The zero-order valence-electron chi connectivity index (χ0n) is 12.0. The summed E-state index contributed by atoms with van der Waals surface area (Å²) < 4.78 is 26.4. The SMILES string of the molecule is CC(C)(C)CC(CNS(=O)(=O)c1ccccc1)C(=O)O. The minimum absolute atomic E-state index is 0.107. The monoisotopic (exact) mass is 299 g/mol. The van der Waals surface area contributed by atoms with Gasteiger partial charge in [-0.3, -0.25) is 4.79 Å². The standard InChI is InChI=1S/C14H21NO4S/c1-14(2,3)9-11(13(16)17)10-15-20(18,19)12-7-5-4-6-8-12/h4-8,11,15H,9-10H2,1-3H3,(H,16,17). The van der Waals surface area contributed by atoms with Crippen LogP contribution >= 0.6 is 0 Å². The highest BCUT2D eigenvalue weighted by atomic mass is 32.2. The van der Waals surface area contributed by atoms with E-state index in [1.807, 2.05) is 20.8 Å². The fraction of sp³-hybridized carbons (Fsp3) is 0.500. The molecule has 6 heteroatoms. The normalized spacial score (nSPS) is 13.9. The zero-order chi connectivity index (χ0) is 15.4. The van der Waals surface area contributed by atoms with Gasteiger partial charge in [-0.2, -0.15) is 0 Å². The second-order valence-corrected chi connectivity index (χ2v) is 7.73. The fourth-order valence-corrected chi connectivity index (χ4v) is 2.98. The number of hydrogen-bond acceptors (Lipinski definition) is 3. The average Bonchev–Trinajstić information content (AvgIpc) is 2.34. The van der Waals surface area contributed by atoms with Gasteiger partial charge in [0.2, 0.25) is 10.0 Å². The fourth-order valence-electron chi connectivity index (χ4n) is 1.88. The Balaban J connectivity index is 2.75. The number of carbonyl (C=O) groups is 1. The summed E-state index contributed by atoms with van der Waals surface area (Å²) in [5.41, 5.74) is -0.179. The van der Waals surface area contributed by atoms with Crippen LogP contribution < -0.4 is 4.72 Å². The molecule has 1 atom stereocenters. The number of carboxylic acids is 1. The van der Waals surface area contributed by atoms with Gasteiger partial charge in [0.1, 0.15) is 0 Å². The van der Waals surface area contributed by atoms with Gasteiger partial charge in [0.25, 0.3) is 0 Å². The lowest BCUT2D eigenvalue weighted by Crippen LogP contribution is -2.35. The summed E-state index contributed by atoms with van der Waals surface area (Å²) in [4.78, 5) is 11.3. The van der Waals surface area contributed by atoms with Crippen LogP contribution in [0.15, 0.2) is 35.2 Å². The molecule has 5 nitrogen and oxygen atoms in total. The Kier molecular flexibility index (Phi) is 5.30. The van der Waals surface area contributed by atoms with Crippen LogP contribution in [-0.4, -0.2) is 26.0 Å². The van der Waals surface area contributed by atoms with Crippen LogP contribution in [0.3, 0.4) is 0 Å². The second-order valence-electron chi connectivity index (χ2n) is 5.96. The van der Waals surface area contributed by atoms with Crippen LogP contribution in [0.1, 0.15) is 27.2 Å². The maximum Gasteiger partial charge on any atom is 0.307 e. The Morgan fingerprint density at radius 2 is 1.80 bits per heavy atom. The Hall–Kier alpha value is -1.40. The summed E-state index contributed by atoms with van der Waals surface area (Å²) in [5.74, 6) is -1.73. The van der Waals surface area contributed by atoms with E-state index in [1.54, 1.807) is 18.2 Å². The molecule has 0 aliphatic heterocycles. The predicted molar refractivity (Wildman–Crippen MR) is 76.8 cm³/mol. The molecule has 2 N–H and O–H groups in total. The molecule has 20 heavy (non-hydrogen) atoms. The van der Waals surface area contributed by atoms with E-state index in [9.17, 15) is 13.2 Å². The summed E-state index contributed by atoms with van der Waals surface area (Å²) in [6, 6.07) is 7.92. The second kappa shape index (κ2) is 6.37. The van der Waals surface area contributed by atoms with Gasteiger partial charge in [-0.15, -0.1) is 0 Å². The molecule has 0 spiro atoms. The first-order chi connectivity index (χ1) is 9.12. The summed E-state index contributed by atoms with van der Waals surface area (Å²) in [5, 5.41) is 9.17. The number of benzene rings is 1. The lowest BCUT2D eigenvalue weighted by Gasteiger charge is -2.23. The van der Waals surface area contributed by atoms with Crippen molar-refractivity contribution in [3.8, 4) is 0 Å². The molecule has 0 saturated heterocycles. The smallest absolute Gasteiger partial charge is 0.307 e. The van der Waals surface area contributed by atoms with E-state index in [4.69, 9.17) is 5.11 Å². The molecular formula is C14H21NO4S. The topological polar surface area (TPSA) is 83.5 Å². The molecule has 0 amide bonds. The molecule has 0 saturated carbocycles. The Morgan fingerprint density at radius 1 is 1.25 bits per heavy atom. The van der Waals surface area contributed by atoms with Crippen molar-refractivity contribution in [1.29, 1.82) is 0 Å². The molecule has 0 aliphatic rings. The summed E-state index contributed by atoms with van der Waals surface area (Å²) in [6.45, 7) is 5.67. The molecule has 0 aliphatic carbocycles. The number of carboxylic acid groups (broad SMARTS) is 1. The number of nitrogens with one attached hydrogen (secondary N) is 1. The van der Waals surface area contributed by atoms with Gasteiger partial charge in [0.15, 0.2) is 0 Å². The van der Waals surface area contributed by atoms with Crippen molar-refractivity contribution in [3.63, 3.8) is 0 Å². The van der Waals surface area contributed by atoms with Crippen molar-refractivity contribution >= 4 is 16.0 Å². The lowest BCUT2D eigenvalue weighted by atomic mass is 9.85. The molecule has 112 valence electrons. The molecule has 0 fully saturated rings. The first-order valence-electron chi connectivity index (χ1n) is 6.39. The first-order valence-corrected chi connectivity index (χ1v) is 7.88. The van der Waals surface area contributed by atoms with Gasteiger partial charge < -0.3 is 5.11 Å². The van der Waals surface area contributed by atoms with Gasteiger partial charge in [-0.05, 0) is 24.0 Å². The van der Waals surface area contributed by atoms with E-state index in [2.05, 4.69) is 4.72 Å². The van der Waals surface area contributed by atoms with Gasteiger partial charge in [0.05, 0.1) is 10.8 Å². The van der Waals surface area contributed by atoms with Crippen molar-refractivity contribution in [3.05, 3.63) is 30.3 Å². The quantitative estimate of drug-likeness (QED) is 0.842. The number of rotatable bonds is 6. The summed E-state index contributed by atoms with van der Waals surface area (Å²) >= 11 is 0. The molecule has 1 aromatic carbocycles. The molecule has 1 rings (SSSR count). The van der Waals surface area contributed by atoms with E-state index in [0.29, 0.717) is 6.42 Å². The third kappa shape index (κ3) is 5.30. The van der Waals surface area contributed by atoms with E-state index < -0.39 is 21.9 Å². The molecular weight excluding hydrogens is 278 g/mol. The highest BCUT2D eigenvalue weighted by Crippen LogP contribution is 2.24. The maximum atomic E-state index is 12.0. The van der Waals surface area contributed by atoms with Gasteiger partial charge >= 0.3 is 5.97 Å². The molecule has 0 heterocycles. The largest absolute Gasteiger partial charge is 0.481 e. The van der Waals surface area contributed by atoms with Crippen LogP contribution in [0.5, 0.6) is 0 Å². The zero-order valence-corrected chi connectivity index (χ0v) is 12.8. The van der Waals surface area contributed by atoms with Crippen LogP contribution in [0.4, 0.5) is 0 Å². The predicted octanol–water partition coefficient (Wildman–Crippen LogP) is 2.10. The Morgan fingerprint density at radius 3 is 2.25 bits per heavy atom. The average molecular weight is 299 g/mol. The Bertz CT molecular complexity index is 546. The molecule has 1 unspecified atom stereocenters. The van der Waals surface area contributed by atoms with Crippen molar-refractivity contribution in [2.45, 2.75) is 32.1 Å². The number of aliphatic carboxylic acids is 1. The maximum absolute atomic E-state index is 12.0. The van der Waals surface area contributed by atoms with Crippen molar-refractivity contribution in [1.82, 2.24) is 4.72 Å². The van der Waals surface area contributed by atoms with Crippen molar-refractivity contribution in [2.75, 3.05) is 6.54 Å². The van der Waals surface area contributed by atoms with Crippen molar-refractivity contribution < 1.29 is 18.3 Å². The minimum Gasteiger partial charge on any atom is -0.481 e. The highest BCUT2D eigenvalue weighted by molar-refractivity contribution is 7.89. The van der Waals surface area contributed by atoms with Crippen LogP contribution in [0.2, 0.25) is 0 Å². The minimum atomic E-state index is -3.66. The molecule has 1 aromatic rings. The molecule has 0 aromatic heterocycles. The summed E-state index contributed by atoms with van der Waals surface area (Å²) in [6.07, 6.45) is 0.402. The third-order valence-corrected chi connectivity index (χ3v) is 4.22. The van der Waals surface area contributed by atoms with E-state index >= 15 is 0 Å².